The van der Waals surface area contributed by atoms with E-state index in [9.17, 15) is 13.2 Å². The van der Waals surface area contributed by atoms with Gasteiger partial charge < -0.3 is 10.1 Å². The summed E-state index contributed by atoms with van der Waals surface area (Å²) in [6.07, 6.45) is 3.54. The molecule has 1 unspecified atom stereocenters. The van der Waals surface area contributed by atoms with E-state index in [2.05, 4.69) is 20.0 Å². The number of pyridine rings is 1. The van der Waals surface area contributed by atoms with Crippen molar-refractivity contribution in [3.05, 3.63) is 59.9 Å². The molecule has 2 N–H and O–H groups in total. The molecule has 0 aliphatic rings. The van der Waals surface area contributed by atoms with Crippen molar-refractivity contribution in [2.75, 3.05) is 19.0 Å². The number of nitrogens with zero attached hydrogens (tertiary/aromatic N) is 2. The fourth-order valence-corrected chi connectivity index (χ4v) is 4.75. The van der Waals surface area contributed by atoms with Gasteiger partial charge in [-0.05, 0) is 43.3 Å². The van der Waals surface area contributed by atoms with E-state index >= 15 is 0 Å². The van der Waals surface area contributed by atoms with Crippen molar-refractivity contribution in [2.45, 2.75) is 24.3 Å². The van der Waals surface area contributed by atoms with E-state index in [4.69, 9.17) is 4.74 Å². The van der Waals surface area contributed by atoms with Crippen LogP contribution in [0.25, 0.3) is 10.6 Å². The van der Waals surface area contributed by atoms with E-state index in [1.807, 2.05) is 17.5 Å². The maximum Gasteiger partial charge on any atom is 0.240 e. The molecule has 0 spiro atoms. The molecule has 0 fully saturated rings. The summed E-state index contributed by atoms with van der Waals surface area (Å²) in [5, 5.41) is 5.40. The fourth-order valence-electron chi connectivity index (χ4n) is 2.71. The second kappa shape index (κ2) is 9.90. The third-order valence-corrected chi connectivity index (χ3v) is 6.57. The summed E-state index contributed by atoms with van der Waals surface area (Å²) in [5.41, 5.74) is 2.07. The van der Waals surface area contributed by atoms with Crippen LogP contribution in [0.4, 0.5) is 5.69 Å². The first-order chi connectivity index (χ1) is 14.4. The Hall–Kier alpha value is -2.66. The number of carbonyl (C=O) groups excluding carboxylic acids is 1. The van der Waals surface area contributed by atoms with E-state index in [0.717, 1.165) is 10.6 Å². The zero-order valence-electron chi connectivity index (χ0n) is 16.5. The molecular formula is C20H22N4O4S2. The molecule has 3 rings (SSSR count). The Morgan fingerprint density at radius 1 is 1.23 bits per heavy atom. The van der Waals surface area contributed by atoms with Crippen molar-refractivity contribution in [1.82, 2.24) is 14.7 Å². The van der Waals surface area contributed by atoms with Crippen LogP contribution in [0, 0.1) is 0 Å². The minimum atomic E-state index is -3.66. The molecule has 0 saturated heterocycles. The lowest BCUT2D eigenvalue weighted by Crippen LogP contribution is -2.35. The number of hydrogen-bond donors (Lipinski definition) is 2. The average Bonchev–Trinajstić information content (AvgIpc) is 3.17. The molecule has 10 heteroatoms. The summed E-state index contributed by atoms with van der Waals surface area (Å²) < 4.78 is 32.2. The second-order valence-electron chi connectivity index (χ2n) is 6.61. The SMILES string of the molecule is COCC(C)NS(=O)(=O)c1ccc(NC(=O)Cc2csc(-c3cccnc3)n2)cc1. The minimum Gasteiger partial charge on any atom is -0.383 e. The smallest absolute Gasteiger partial charge is 0.240 e. The molecule has 3 aromatic rings. The highest BCUT2D eigenvalue weighted by Gasteiger charge is 2.17. The summed E-state index contributed by atoms with van der Waals surface area (Å²) in [7, 11) is -2.15. The Labute approximate surface area is 179 Å². The Bertz CT molecular complexity index is 1080. The number of thiazole rings is 1. The maximum absolute atomic E-state index is 12.3. The van der Waals surface area contributed by atoms with Gasteiger partial charge in [0.15, 0.2) is 0 Å². The lowest BCUT2D eigenvalue weighted by Gasteiger charge is -2.13. The predicted molar refractivity (Wildman–Crippen MR) is 116 cm³/mol. The van der Waals surface area contributed by atoms with Crippen LogP contribution in [0.15, 0.2) is 59.1 Å². The van der Waals surface area contributed by atoms with Crippen LogP contribution in [0.2, 0.25) is 0 Å². The third-order valence-electron chi connectivity index (χ3n) is 4.02. The molecule has 1 atom stereocenters. The van der Waals surface area contributed by atoms with Crippen molar-refractivity contribution < 1.29 is 17.9 Å². The molecule has 0 aliphatic heterocycles. The van der Waals surface area contributed by atoms with Crippen molar-refractivity contribution in [3.8, 4) is 10.6 Å². The Morgan fingerprint density at radius 2 is 2.00 bits per heavy atom. The molecule has 0 aliphatic carbocycles. The van der Waals surface area contributed by atoms with Crippen molar-refractivity contribution in [3.63, 3.8) is 0 Å². The summed E-state index contributed by atoms with van der Waals surface area (Å²) in [4.78, 5) is 21.0. The molecule has 0 bridgehead atoms. The maximum atomic E-state index is 12.3. The Morgan fingerprint density at radius 3 is 2.67 bits per heavy atom. The van der Waals surface area contributed by atoms with E-state index in [1.54, 1.807) is 31.5 Å². The van der Waals surface area contributed by atoms with Crippen molar-refractivity contribution in [2.24, 2.45) is 0 Å². The van der Waals surface area contributed by atoms with E-state index < -0.39 is 10.0 Å². The van der Waals surface area contributed by atoms with Crippen LogP contribution in [0.1, 0.15) is 12.6 Å². The number of ether oxygens (including phenoxy) is 1. The van der Waals surface area contributed by atoms with Gasteiger partial charge in [-0.3, -0.25) is 9.78 Å². The highest BCUT2D eigenvalue weighted by atomic mass is 32.2. The number of benzene rings is 1. The number of methoxy groups -OCH3 is 1. The molecule has 0 saturated carbocycles. The number of sulfonamides is 1. The summed E-state index contributed by atoms with van der Waals surface area (Å²) in [6, 6.07) is 9.39. The quantitative estimate of drug-likeness (QED) is 0.523. The Balaban J connectivity index is 1.59. The number of aromatic nitrogens is 2. The summed E-state index contributed by atoms with van der Waals surface area (Å²) in [5.74, 6) is -0.236. The number of hydrogen-bond acceptors (Lipinski definition) is 7. The second-order valence-corrected chi connectivity index (χ2v) is 9.18. The van der Waals surface area contributed by atoms with Gasteiger partial charge in [0.05, 0.1) is 23.6 Å². The van der Waals surface area contributed by atoms with E-state index in [-0.39, 0.29) is 29.9 Å². The molecule has 1 aromatic carbocycles. The van der Waals surface area contributed by atoms with Crippen LogP contribution in [0.3, 0.4) is 0 Å². The normalized spacial score (nSPS) is 12.5. The molecule has 30 heavy (non-hydrogen) atoms. The van der Waals surface area contributed by atoms with Crippen LogP contribution in [0.5, 0.6) is 0 Å². The van der Waals surface area contributed by atoms with Crippen molar-refractivity contribution in [1.29, 1.82) is 0 Å². The first kappa shape index (κ1) is 22.0. The van der Waals surface area contributed by atoms with Crippen LogP contribution in [-0.4, -0.2) is 44.1 Å². The number of anilines is 1. The van der Waals surface area contributed by atoms with Gasteiger partial charge in [-0.1, -0.05) is 0 Å². The van der Waals surface area contributed by atoms with Gasteiger partial charge in [-0.2, -0.15) is 0 Å². The summed E-state index contributed by atoms with van der Waals surface area (Å²) >= 11 is 1.45. The van der Waals surface area contributed by atoms with Crippen molar-refractivity contribution >= 4 is 33.0 Å². The third kappa shape index (κ3) is 5.92. The lowest BCUT2D eigenvalue weighted by molar-refractivity contribution is -0.115. The van der Waals surface area contributed by atoms with Gasteiger partial charge in [0.2, 0.25) is 15.9 Å². The molecule has 2 aromatic heterocycles. The molecule has 8 nitrogen and oxygen atoms in total. The van der Waals surface area contributed by atoms with Crippen LogP contribution in [-0.2, 0) is 26.0 Å². The lowest BCUT2D eigenvalue weighted by atomic mass is 10.2. The zero-order valence-corrected chi connectivity index (χ0v) is 18.2. The highest BCUT2D eigenvalue weighted by Crippen LogP contribution is 2.23. The average molecular weight is 447 g/mol. The van der Waals surface area contributed by atoms with Crippen LogP contribution >= 0.6 is 11.3 Å². The predicted octanol–water partition coefficient (Wildman–Crippen LogP) is 2.70. The van der Waals surface area contributed by atoms with Gasteiger partial charge >= 0.3 is 0 Å². The van der Waals surface area contributed by atoms with Gasteiger partial charge in [-0.15, -0.1) is 11.3 Å². The molecular weight excluding hydrogens is 424 g/mol. The fraction of sp³-hybridized carbons (Fsp3) is 0.250. The van der Waals surface area contributed by atoms with Gasteiger partial charge in [-0.25, -0.2) is 18.1 Å². The van der Waals surface area contributed by atoms with Gasteiger partial charge in [0.25, 0.3) is 0 Å². The number of carbonyl (C=O) groups is 1. The van der Waals surface area contributed by atoms with E-state index in [1.165, 1.54) is 30.6 Å². The monoisotopic (exact) mass is 446 g/mol. The first-order valence-electron chi connectivity index (χ1n) is 9.13. The number of rotatable bonds is 9. The number of amides is 1. The zero-order chi connectivity index (χ0) is 21.6. The molecule has 0 radical (unpaired) electrons. The van der Waals surface area contributed by atoms with E-state index in [0.29, 0.717) is 11.4 Å². The first-order valence-corrected chi connectivity index (χ1v) is 11.5. The molecule has 2 heterocycles. The summed E-state index contributed by atoms with van der Waals surface area (Å²) in [6.45, 7) is 1.99. The van der Waals surface area contributed by atoms with Gasteiger partial charge in [0.1, 0.15) is 5.01 Å². The molecule has 1 amide bonds. The molecule has 158 valence electrons. The largest absolute Gasteiger partial charge is 0.383 e. The Kier molecular flexibility index (Phi) is 7.27. The van der Waals surface area contributed by atoms with Crippen LogP contribution < -0.4 is 10.0 Å². The minimum absolute atomic E-state index is 0.115. The number of nitrogens with one attached hydrogen (secondary N) is 2. The highest BCUT2D eigenvalue weighted by molar-refractivity contribution is 7.89. The van der Waals surface area contributed by atoms with Gasteiger partial charge in [0, 0.05) is 42.2 Å². The standard InChI is InChI=1S/C20H22N4O4S2/c1-14(12-28-2)24-30(26,27)18-7-5-16(6-8-18)22-19(25)10-17-13-29-20(23-17)15-4-3-9-21-11-15/h3-9,11,13-14,24H,10,12H2,1-2H3,(H,22,25). The topological polar surface area (TPSA) is 110 Å².